The Balaban J connectivity index is 2.40. The van der Waals surface area contributed by atoms with Crippen LogP contribution in [0.25, 0.3) is 0 Å². The molecule has 102 valence electrons. The average molecular weight is 283 g/mol. The van der Waals surface area contributed by atoms with E-state index in [-0.39, 0.29) is 13.0 Å². The van der Waals surface area contributed by atoms with Gasteiger partial charge >= 0.3 is 5.97 Å². The molecule has 1 aromatic rings. The third-order valence-electron chi connectivity index (χ3n) is 3.26. The van der Waals surface area contributed by atoms with Gasteiger partial charge in [-0.15, -0.1) is 0 Å². The molecule has 4 nitrogen and oxygen atoms in total. The van der Waals surface area contributed by atoms with E-state index in [1.807, 2.05) is 6.07 Å². The highest BCUT2D eigenvalue weighted by Crippen LogP contribution is 2.36. The van der Waals surface area contributed by atoms with E-state index in [1.165, 1.54) is 7.11 Å². The maximum Gasteiger partial charge on any atom is 0.335 e. The van der Waals surface area contributed by atoms with Crippen LogP contribution in [0, 0.1) is 0 Å². The number of hydrogen-bond acceptors (Lipinski definition) is 4. The Morgan fingerprint density at radius 3 is 2.84 bits per heavy atom. The molecule has 2 rings (SSSR count). The topological polar surface area (TPSA) is 52.6 Å². The first-order valence-electron chi connectivity index (χ1n) is 6.10. The van der Waals surface area contributed by atoms with Gasteiger partial charge < -0.3 is 9.47 Å². The van der Waals surface area contributed by atoms with Crippen molar-refractivity contribution < 1.29 is 19.1 Å². The summed E-state index contributed by atoms with van der Waals surface area (Å²) in [5.41, 5.74) is 1.32. The smallest absolute Gasteiger partial charge is 0.335 e. The Kier molecular flexibility index (Phi) is 3.80. The summed E-state index contributed by atoms with van der Waals surface area (Å²) in [4.78, 5) is 22.7. The Hall–Kier alpha value is -1.55. The molecule has 1 aliphatic carbocycles. The maximum absolute atomic E-state index is 12.4. The number of ether oxygens (including phenoxy) is 2. The van der Waals surface area contributed by atoms with Crippen LogP contribution in [0.15, 0.2) is 18.2 Å². The van der Waals surface area contributed by atoms with Crippen LogP contribution in [0.3, 0.4) is 0 Å². The number of hydrogen-bond donors (Lipinski definition) is 0. The van der Waals surface area contributed by atoms with Crippen LogP contribution in [-0.2, 0) is 16.0 Å². The Morgan fingerprint density at radius 1 is 1.47 bits per heavy atom. The Labute approximate surface area is 116 Å². The molecule has 19 heavy (non-hydrogen) atoms. The van der Waals surface area contributed by atoms with Crippen molar-refractivity contribution in [3.8, 4) is 5.75 Å². The van der Waals surface area contributed by atoms with E-state index >= 15 is 0 Å². The number of carbonyl (C=O) groups excluding carboxylic acids is 2. The molecule has 0 saturated heterocycles. The van der Waals surface area contributed by atoms with Crippen molar-refractivity contribution in [3.05, 3.63) is 29.3 Å². The second-order valence-corrected chi connectivity index (χ2v) is 5.02. The lowest BCUT2D eigenvalue weighted by Crippen LogP contribution is -2.45. The number of carbonyl (C=O) groups is 2. The van der Waals surface area contributed by atoms with Gasteiger partial charge in [0.25, 0.3) is 0 Å². The molecule has 5 heteroatoms. The standard InChI is InChI=1S/C14H15ClO4/c1-3-19-13(17)14(15)7-6-9-4-5-10(18-2)8-11(9)12(14)16/h4-5,8H,3,6-7H2,1-2H3/t14-/m1/s1. The van der Waals surface area contributed by atoms with E-state index in [4.69, 9.17) is 21.1 Å². The first kappa shape index (κ1) is 13.9. The Morgan fingerprint density at radius 2 is 2.21 bits per heavy atom. The number of fused-ring (bicyclic) bond motifs is 1. The summed E-state index contributed by atoms with van der Waals surface area (Å²) in [6, 6.07) is 5.23. The number of halogens is 1. The van der Waals surface area contributed by atoms with Gasteiger partial charge in [-0.3, -0.25) is 4.79 Å². The zero-order chi connectivity index (χ0) is 14.0. The third-order valence-corrected chi connectivity index (χ3v) is 3.77. The summed E-state index contributed by atoms with van der Waals surface area (Å²) in [6.45, 7) is 1.88. The highest BCUT2D eigenvalue weighted by molar-refractivity contribution is 6.48. The van der Waals surface area contributed by atoms with Crippen molar-refractivity contribution in [2.24, 2.45) is 0 Å². The van der Waals surface area contributed by atoms with Crippen LogP contribution in [0.1, 0.15) is 29.3 Å². The number of aryl methyl sites for hydroxylation is 1. The van der Waals surface area contributed by atoms with Gasteiger partial charge in [0.2, 0.25) is 4.87 Å². The lowest BCUT2D eigenvalue weighted by Gasteiger charge is -2.29. The van der Waals surface area contributed by atoms with Gasteiger partial charge in [0.05, 0.1) is 13.7 Å². The largest absolute Gasteiger partial charge is 0.497 e. The number of alkyl halides is 1. The van der Waals surface area contributed by atoms with Gasteiger partial charge in [0.15, 0.2) is 5.78 Å². The fraction of sp³-hybridized carbons (Fsp3) is 0.429. The van der Waals surface area contributed by atoms with Gasteiger partial charge in [0, 0.05) is 5.56 Å². The number of esters is 1. The number of rotatable bonds is 3. The van der Waals surface area contributed by atoms with Crippen molar-refractivity contribution in [1.29, 1.82) is 0 Å². The summed E-state index contributed by atoms with van der Waals surface area (Å²) in [7, 11) is 1.52. The molecule has 1 atom stereocenters. The normalized spacial score (nSPS) is 21.7. The van der Waals surface area contributed by atoms with Crippen LogP contribution >= 0.6 is 11.6 Å². The van der Waals surface area contributed by atoms with Crippen molar-refractivity contribution in [2.45, 2.75) is 24.6 Å². The van der Waals surface area contributed by atoms with Gasteiger partial charge in [0.1, 0.15) is 5.75 Å². The van der Waals surface area contributed by atoms with Crippen LogP contribution in [0.2, 0.25) is 0 Å². The molecule has 0 spiro atoms. The predicted molar refractivity (Wildman–Crippen MR) is 70.9 cm³/mol. The third kappa shape index (κ3) is 2.32. The van der Waals surface area contributed by atoms with Crippen molar-refractivity contribution in [2.75, 3.05) is 13.7 Å². The molecule has 0 heterocycles. The summed E-state index contributed by atoms with van der Waals surface area (Å²) in [5, 5.41) is 0. The van der Waals surface area contributed by atoms with E-state index in [0.29, 0.717) is 17.7 Å². The molecule has 0 aromatic heterocycles. The van der Waals surface area contributed by atoms with Crippen LogP contribution < -0.4 is 4.74 Å². The SMILES string of the molecule is CCOC(=O)[C@@]1(Cl)CCc2ccc(OC)cc2C1=O. The van der Waals surface area contributed by atoms with Crippen LogP contribution in [0.5, 0.6) is 5.75 Å². The Bertz CT molecular complexity index is 526. The number of Topliss-reactive ketones (excluding diaryl/α,β-unsaturated/α-hetero) is 1. The van der Waals surface area contributed by atoms with Crippen LogP contribution in [-0.4, -0.2) is 30.3 Å². The van der Waals surface area contributed by atoms with Crippen LogP contribution in [0.4, 0.5) is 0 Å². The molecule has 0 amide bonds. The summed E-state index contributed by atoms with van der Waals surface area (Å²) in [5.74, 6) is -0.514. The zero-order valence-corrected chi connectivity index (χ0v) is 11.6. The fourth-order valence-electron chi connectivity index (χ4n) is 2.19. The van der Waals surface area contributed by atoms with E-state index in [9.17, 15) is 9.59 Å². The summed E-state index contributed by atoms with van der Waals surface area (Å²) >= 11 is 6.21. The molecule has 1 aromatic carbocycles. The van der Waals surface area contributed by atoms with E-state index in [2.05, 4.69) is 0 Å². The second kappa shape index (κ2) is 5.21. The highest BCUT2D eigenvalue weighted by Gasteiger charge is 2.48. The molecule has 0 fully saturated rings. The molecular weight excluding hydrogens is 268 g/mol. The molecular formula is C14H15ClO4. The van der Waals surface area contributed by atoms with Gasteiger partial charge in [-0.05, 0) is 37.5 Å². The zero-order valence-electron chi connectivity index (χ0n) is 10.9. The maximum atomic E-state index is 12.4. The van der Waals surface area contributed by atoms with Gasteiger partial charge in [-0.2, -0.15) is 0 Å². The number of ketones is 1. The van der Waals surface area contributed by atoms with E-state index < -0.39 is 16.6 Å². The van der Waals surface area contributed by atoms with Gasteiger partial charge in [-0.1, -0.05) is 17.7 Å². The number of methoxy groups -OCH3 is 1. The molecule has 0 unspecified atom stereocenters. The first-order valence-corrected chi connectivity index (χ1v) is 6.48. The molecule has 1 aliphatic rings. The fourth-order valence-corrected chi connectivity index (χ4v) is 2.44. The van der Waals surface area contributed by atoms with Gasteiger partial charge in [-0.25, -0.2) is 4.79 Å². The minimum Gasteiger partial charge on any atom is -0.497 e. The lowest BCUT2D eigenvalue weighted by molar-refractivity contribution is -0.145. The predicted octanol–water partition coefficient (Wildman–Crippen LogP) is 2.36. The lowest BCUT2D eigenvalue weighted by atomic mass is 9.82. The van der Waals surface area contributed by atoms with E-state index in [0.717, 1.165) is 5.56 Å². The second-order valence-electron chi connectivity index (χ2n) is 4.37. The minimum absolute atomic E-state index is 0.200. The summed E-state index contributed by atoms with van der Waals surface area (Å²) in [6.07, 6.45) is 0.818. The molecule has 0 bridgehead atoms. The molecule has 0 N–H and O–H groups in total. The number of benzene rings is 1. The van der Waals surface area contributed by atoms with E-state index in [1.54, 1.807) is 19.1 Å². The quantitative estimate of drug-likeness (QED) is 0.485. The average Bonchev–Trinajstić information content (AvgIpc) is 2.43. The summed E-state index contributed by atoms with van der Waals surface area (Å²) < 4.78 is 10.00. The monoisotopic (exact) mass is 282 g/mol. The molecule has 0 radical (unpaired) electrons. The highest BCUT2D eigenvalue weighted by atomic mass is 35.5. The molecule has 0 aliphatic heterocycles. The van der Waals surface area contributed by atoms with Crippen molar-refractivity contribution >= 4 is 23.4 Å². The van der Waals surface area contributed by atoms with Crippen molar-refractivity contribution in [3.63, 3.8) is 0 Å². The first-order chi connectivity index (χ1) is 9.02. The van der Waals surface area contributed by atoms with Crippen molar-refractivity contribution in [1.82, 2.24) is 0 Å². The minimum atomic E-state index is -1.60. The molecule has 0 saturated carbocycles.